The van der Waals surface area contributed by atoms with Gasteiger partial charge in [0.15, 0.2) is 22.7 Å². The molecule has 4 heterocycles. The van der Waals surface area contributed by atoms with Crippen LogP contribution < -0.4 is 19.0 Å². The van der Waals surface area contributed by atoms with Gasteiger partial charge in [0.05, 0.1) is 11.8 Å². The molecule has 1 N–H and O–H groups in total. The molecular formula is C22H16N6O5S. The molecule has 34 heavy (non-hydrogen) atoms. The molecule has 1 aliphatic heterocycles. The van der Waals surface area contributed by atoms with Crippen molar-refractivity contribution < 1.29 is 22.1 Å². The maximum absolute atomic E-state index is 11.2. The predicted molar refractivity (Wildman–Crippen MR) is 124 cm³/mol. The fourth-order valence-electron chi connectivity index (χ4n) is 3.84. The van der Waals surface area contributed by atoms with E-state index in [1.54, 1.807) is 17.8 Å². The number of nitrogens with zero attached hydrogens (tertiary/aromatic N) is 5. The fourth-order valence-corrected chi connectivity index (χ4v) is 4.11. The number of pyridine rings is 1. The number of rotatable bonds is 5. The minimum absolute atomic E-state index is 0.146. The van der Waals surface area contributed by atoms with E-state index in [1.165, 1.54) is 6.33 Å². The van der Waals surface area contributed by atoms with E-state index in [4.69, 9.17) is 13.7 Å². The predicted octanol–water partition coefficient (Wildman–Crippen LogP) is 2.96. The largest absolute Gasteiger partial charge is 0.454 e. The van der Waals surface area contributed by atoms with Gasteiger partial charge >= 0.3 is 11.0 Å². The smallest absolute Gasteiger partial charge is 0.300 e. The summed E-state index contributed by atoms with van der Waals surface area (Å²) in [6.07, 6.45) is 3.26. The third kappa shape index (κ3) is 3.49. The second kappa shape index (κ2) is 7.85. The van der Waals surface area contributed by atoms with Crippen molar-refractivity contribution in [2.24, 2.45) is 7.05 Å². The van der Waals surface area contributed by atoms with E-state index in [1.807, 2.05) is 42.5 Å². The minimum atomic E-state index is -3.16. The Morgan fingerprint density at radius 3 is 2.79 bits per heavy atom. The SMILES string of the molecule is Cn1cnc2c(O[SH](=O)=O)nc(Nc3ccc4nccc(-c5ccc6c(c5)OCO6)c4c3)nc21. The van der Waals surface area contributed by atoms with Crippen LogP contribution in [-0.2, 0) is 18.0 Å². The Kier molecular flexibility index (Phi) is 4.66. The highest BCUT2D eigenvalue weighted by Gasteiger charge is 2.17. The zero-order chi connectivity index (χ0) is 23.2. The molecule has 3 aromatic heterocycles. The zero-order valence-electron chi connectivity index (χ0n) is 17.6. The molecule has 11 nitrogen and oxygen atoms in total. The lowest BCUT2D eigenvalue weighted by Gasteiger charge is -2.11. The summed E-state index contributed by atoms with van der Waals surface area (Å²) in [4.78, 5) is 17.2. The molecule has 170 valence electrons. The van der Waals surface area contributed by atoms with Gasteiger partial charge in [0.2, 0.25) is 12.7 Å². The average molecular weight is 476 g/mol. The summed E-state index contributed by atoms with van der Waals surface area (Å²) in [5.41, 5.74) is 4.07. The van der Waals surface area contributed by atoms with E-state index in [2.05, 4.69) is 25.3 Å². The van der Waals surface area contributed by atoms with E-state index in [0.717, 1.165) is 22.0 Å². The summed E-state index contributed by atoms with van der Waals surface area (Å²) in [5.74, 6) is 1.42. The molecule has 5 aromatic rings. The number of aryl methyl sites for hydroxylation is 1. The first-order valence-electron chi connectivity index (χ1n) is 10.1. The Morgan fingerprint density at radius 1 is 1.03 bits per heavy atom. The Balaban J connectivity index is 1.42. The molecule has 0 saturated heterocycles. The number of ether oxygens (including phenoxy) is 2. The molecule has 2 aromatic carbocycles. The Hall–Kier alpha value is -4.45. The van der Waals surface area contributed by atoms with Gasteiger partial charge in [-0.15, -0.1) is 0 Å². The molecule has 0 bridgehead atoms. The summed E-state index contributed by atoms with van der Waals surface area (Å²) >= 11 is 0. The first kappa shape index (κ1) is 20.2. The third-order valence-corrected chi connectivity index (χ3v) is 5.69. The molecule has 0 saturated carbocycles. The average Bonchev–Trinajstić information content (AvgIpc) is 3.45. The van der Waals surface area contributed by atoms with E-state index in [-0.39, 0.29) is 24.1 Å². The number of imidazole rings is 1. The lowest BCUT2D eigenvalue weighted by Crippen LogP contribution is -2.03. The second-order valence-corrected chi connectivity index (χ2v) is 8.11. The first-order valence-corrected chi connectivity index (χ1v) is 11.2. The number of fused-ring (bicyclic) bond motifs is 3. The maximum Gasteiger partial charge on any atom is 0.300 e. The molecule has 6 rings (SSSR count). The van der Waals surface area contributed by atoms with Gasteiger partial charge in [-0.25, -0.2) is 4.98 Å². The van der Waals surface area contributed by atoms with E-state index >= 15 is 0 Å². The quantitative estimate of drug-likeness (QED) is 0.365. The van der Waals surface area contributed by atoms with Crippen molar-refractivity contribution in [3.63, 3.8) is 0 Å². The number of nitrogens with one attached hydrogen (secondary N) is 1. The summed E-state index contributed by atoms with van der Waals surface area (Å²) in [6, 6.07) is 13.4. The Morgan fingerprint density at radius 2 is 1.91 bits per heavy atom. The van der Waals surface area contributed by atoms with Crippen LogP contribution in [0.4, 0.5) is 11.6 Å². The van der Waals surface area contributed by atoms with Crippen LogP contribution >= 0.6 is 0 Å². The highest BCUT2D eigenvalue weighted by molar-refractivity contribution is 7.67. The zero-order valence-corrected chi connectivity index (χ0v) is 18.5. The topological polar surface area (TPSA) is 130 Å². The van der Waals surface area contributed by atoms with Crippen molar-refractivity contribution in [2.75, 3.05) is 12.1 Å². The normalized spacial score (nSPS) is 12.5. The van der Waals surface area contributed by atoms with Crippen LogP contribution in [0.25, 0.3) is 33.2 Å². The number of aromatic nitrogens is 5. The van der Waals surface area contributed by atoms with Gasteiger partial charge in [-0.05, 0) is 47.5 Å². The highest BCUT2D eigenvalue weighted by atomic mass is 32.2. The summed E-state index contributed by atoms with van der Waals surface area (Å²) in [6.45, 7) is 0.206. The van der Waals surface area contributed by atoms with E-state index < -0.39 is 11.0 Å². The van der Waals surface area contributed by atoms with Crippen molar-refractivity contribution in [1.29, 1.82) is 0 Å². The number of hydrogen-bond acceptors (Lipinski definition) is 10. The van der Waals surface area contributed by atoms with Crippen LogP contribution in [0.15, 0.2) is 55.0 Å². The van der Waals surface area contributed by atoms with Gasteiger partial charge in [0, 0.05) is 24.3 Å². The molecule has 0 spiro atoms. The lowest BCUT2D eigenvalue weighted by molar-refractivity contribution is 0.174. The highest BCUT2D eigenvalue weighted by Crippen LogP contribution is 2.38. The first-order chi connectivity index (χ1) is 16.5. The molecule has 0 radical (unpaired) electrons. The standard InChI is InChI=1S/C22H16N6O5S/c1-28-10-24-19-20(28)26-22(27-21(19)33-34(29)30)25-13-3-4-16-15(9-13)14(6-7-23-16)12-2-5-17-18(8-12)32-11-31-17/h2-10,34H,11H2,1H3,(H,25,26,27). The molecule has 0 unspecified atom stereocenters. The van der Waals surface area contributed by atoms with Gasteiger partial charge in [0.25, 0.3) is 5.88 Å². The molecule has 1 aliphatic rings. The lowest BCUT2D eigenvalue weighted by atomic mass is 10.0. The number of hydrogen-bond donors (Lipinski definition) is 2. The van der Waals surface area contributed by atoms with Crippen molar-refractivity contribution in [1.82, 2.24) is 24.5 Å². The second-order valence-electron chi connectivity index (χ2n) is 7.48. The Bertz CT molecular complexity index is 1660. The van der Waals surface area contributed by atoms with Crippen molar-refractivity contribution in [3.05, 3.63) is 55.0 Å². The van der Waals surface area contributed by atoms with Crippen LogP contribution in [-0.4, -0.2) is 39.7 Å². The molecule has 12 heteroatoms. The molecule has 0 aliphatic carbocycles. The van der Waals surface area contributed by atoms with Gasteiger partial charge in [-0.3, -0.25) is 4.98 Å². The third-order valence-electron chi connectivity index (χ3n) is 5.37. The summed E-state index contributed by atoms with van der Waals surface area (Å²) in [5, 5.41) is 4.02. The van der Waals surface area contributed by atoms with Crippen LogP contribution in [0, 0.1) is 0 Å². The number of anilines is 2. The summed E-state index contributed by atoms with van der Waals surface area (Å²) < 4.78 is 39.8. The van der Waals surface area contributed by atoms with Gasteiger partial charge in [-0.1, -0.05) is 6.07 Å². The van der Waals surface area contributed by atoms with Crippen LogP contribution in [0.5, 0.6) is 17.4 Å². The molecular weight excluding hydrogens is 460 g/mol. The van der Waals surface area contributed by atoms with Crippen LogP contribution in [0.2, 0.25) is 0 Å². The fraction of sp³-hybridized carbons (Fsp3) is 0.0909. The number of benzene rings is 2. The van der Waals surface area contributed by atoms with Crippen molar-refractivity contribution in [2.45, 2.75) is 0 Å². The van der Waals surface area contributed by atoms with E-state index in [0.29, 0.717) is 22.8 Å². The van der Waals surface area contributed by atoms with Gasteiger partial charge in [-0.2, -0.15) is 18.4 Å². The Labute approximate surface area is 194 Å². The summed E-state index contributed by atoms with van der Waals surface area (Å²) in [7, 11) is -1.42. The van der Waals surface area contributed by atoms with Crippen molar-refractivity contribution >= 4 is 44.7 Å². The van der Waals surface area contributed by atoms with Crippen molar-refractivity contribution in [3.8, 4) is 28.5 Å². The molecule has 0 fully saturated rings. The van der Waals surface area contributed by atoms with Crippen LogP contribution in [0.1, 0.15) is 0 Å². The molecule has 0 amide bonds. The van der Waals surface area contributed by atoms with Gasteiger partial charge in [0.1, 0.15) is 0 Å². The molecule has 0 atom stereocenters. The maximum atomic E-state index is 11.2. The number of thiol groups is 1. The monoisotopic (exact) mass is 476 g/mol. The minimum Gasteiger partial charge on any atom is -0.454 e. The van der Waals surface area contributed by atoms with Crippen LogP contribution in [0.3, 0.4) is 0 Å². The van der Waals surface area contributed by atoms with Gasteiger partial charge < -0.3 is 23.5 Å². The van der Waals surface area contributed by atoms with E-state index in [9.17, 15) is 8.42 Å².